The summed E-state index contributed by atoms with van der Waals surface area (Å²) in [6.07, 6.45) is 2.76. The van der Waals surface area contributed by atoms with Crippen LogP contribution in [-0.2, 0) is 21.2 Å². The first-order chi connectivity index (χ1) is 13.8. The summed E-state index contributed by atoms with van der Waals surface area (Å²) in [6.45, 7) is 2.16. The third-order valence-electron chi connectivity index (χ3n) is 4.51. The van der Waals surface area contributed by atoms with Crippen LogP contribution in [0.2, 0.25) is 0 Å². The highest BCUT2D eigenvalue weighted by Gasteiger charge is 2.31. The first-order valence-corrected chi connectivity index (χ1v) is 11.3. The molecular formula is C21H27FN2O4S. The summed E-state index contributed by atoms with van der Waals surface area (Å²) in [6, 6.07) is 11.9. The third-order valence-corrected chi connectivity index (χ3v) is 5.69. The molecule has 2 aromatic rings. The van der Waals surface area contributed by atoms with Crippen molar-refractivity contribution in [1.29, 1.82) is 0 Å². The Hall–Kier alpha value is -2.61. The van der Waals surface area contributed by atoms with Crippen LogP contribution in [0.15, 0.2) is 48.5 Å². The smallest absolute Gasteiger partial charge is 0.243 e. The number of halogens is 1. The van der Waals surface area contributed by atoms with Gasteiger partial charge in [0, 0.05) is 6.54 Å². The Balaban J connectivity index is 2.04. The lowest BCUT2D eigenvalue weighted by Crippen LogP contribution is -2.49. The van der Waals surface area contributed by atoms with Gasteiger partial charge in [-0.2, -0.15) is 0 Å². The van der Waals surface area contributed by atoms with Crippen LogP contribution < -0.4 is 14.4 Å². The zero-order valence-electron chi connectivity index (χ0n) is 16.9. The second-order valence-corrected chi connectivity index (χ2v) is 8.56. The Morgan fingerprint density at radius 1 is 1.14 bits per heavy atom. The molecule has 0 aliphatic rings. The molecule has 0 spiro atoms. The van der Waals surface area contributed by atoms with E-state index in [2.05, 4.69) is 5.32 Å². The summed E-state index contributed by atoms with van der Waals surface area (Å²) in [4.78, 5) is 12.7. The van der Waals surface area contributed by atoms with Gasteiger partial charge in [0.2, 0.25) is 15.9 Å². The lowest BCUT2D eigenvalue weighted by atomic mass is 10.1. The molecule has 1 atom stereocenters. The zero-order chi connectivity index (χ0) is 21.4. The summed E-state index contributed by atoms with van der Waals surface area (Å²) < 4.78 is 44.0. The fraction of sp³-hybridized carbons (Fsp3) is 0.381. The highest BCUT2D eigenvalue weighted by molar-refractivity contribution is 7.92. The molecule has 0 aliphatic carbocycles. The molecule has 6 nitrogen and oxygen atoms in total. The van der Waals surface area contributed by atoms with Crippen molar-refractivity contribution in [3.05, 3.63) is 59.9 Å². The number of anilines is 1. The molecule has 2 rings (SSSR count). The van der Waals surface area contributed by atoms with E-state index in [4.69, 9.17) is 4.74 Å². The van der Waals surface area contributed by atoms with Gasteiger partial charge in [0.25, 0.3) is 0 Å². The predicted molar refractivity (Wildman–Crippen MR) is 112 cm³/mol. The minimum absolute atomic E-state index is 0.285. The molecule has 0 aliphatic heterocycles. The van der Waals surface area contributed by atoms with Gasteiger partial charge in [-0.25, -0.2) is 12.8 Å². The minimum atomic E-state index is -3.68. The lowest BCUT2D eigenvalue weighted by molar-refractivity contribution is -0.122. The predicted octanol–water partition coefficient (Wildman–Crippen LogP) is 3.13. The summed E-state index contributed by atoms with van der Waals surface area (Å²) in [7, 11) is -2.15. The summed E-state index contributed by atoms with van der Waals surface area (Å²) >= 11 is 0. The monoisotopic (exact) mass is 422 g/mol. The number of hydrogen-bond acceptors (Lipinski definition) is 4. The van der Waals surface area contributed by atoms with E-state index in [1.54, 1.807) is 43.3 Å². The number of sulfonamides is 1. The highest BCUT2D eigenvalue weighted by atomic mass is 32.2. The summed E-state index contributed by atoms with van der Waals surface area (Å²) in [5.74, 6) is -0.0411. The zero-order valence-corrected chi connectivity index (χ0v) is 17.7. The van der Waals surface area contributed by atoms with Crippen molar-refractivity contribution in [3.8, 4) is 5.75 Å². The normalized spacial score (nSPS) is 12.3. The van der Waals surface area contributed by atoms with Gasteiger partial charge in [-0.05, 0) is 61.2 Å². The van der Waals surface area contributed by atoms with Crippen molar-refractivity contribution in [1.82, 2.24) is 5.32 Å². The fourth-order valence-electron chi connectivity index (χ4n) is 3.06. The second-order valence-electron chi connectivity index (χ2n) is 6.70. The summed E-state index contributed by atoms with van der Waals surface area (Å²) in [5.41, 5.74) is 1.38. The Morgan fingerprint density at radius 2 is 1.76 bits per heavy atom. The van der Waals surface area contributed by atoms with E-state index in [1.165, 1.54) is 19.2 Å². The van der Waals surface area contributed by atoms with Gasteiger partial charge in [-0.15, -0.1) is 0 Å². The average molecular weight is 423 g/mol. The molecule has 0 fully saturated rings. The Bertz CT molecular complexity index is 899. The molecule has 29 heavy (non-hydrogen) atoms. The fourth-order valence-corrected chi connectivity index (χ4v) is 4.27. The van der Waals surface area contributed by atoms with E-state index in [1.807, 2.05) is 0 Å². The van der Waals surface area contributed by atoms with Crippen molar-refractivity contribution in [2.75, 3.05) is 24.2 Å². The molecule has 8 heteroatoms. The molecule has 1 N–H and O–H groups in total. The van der Waals surface area contributed by atoms with Crippen molar-refractivity contribution in [3.63, 3.8) is 0 Å². The molecule has 0 aromatic heterocycles. The molecule has 0 heterocycles. The van der Waals surface area contributed by atoms with E-state index in [-0.39, 0.29) is 11.7 Å². The van der Waals surface area contributed by atoms with E-state index >= 15 is 0 Å². The standard InChI is InChI=1S/C21H27FN2O4S/c1-4-20(21(25)23-15-5-6-16-7-9-17(22)10-8-16)24(29(3,26)27)18-11-13-19(28-2)14-12-18/h7-14,20H,4-6,15H2,1-3H3,(H,23,25)/t20-/m1/s1. The van der Waals surface area contributed by atoms with Crippen LogP contribution in [0.1, 0.15) is 25.3 Å². The molecule has 0 radical (unpaired) electrons. The van der Waals surface area contributed by atoms with Gasteiger partial charge in [-0.1, -0.05) is 19.1 Å². The first kappa shape index (κ1) is 22.7. The number of benzene rings is 2. The van der Waals surface area contributed by atoms with Gasteiger partial charge < -0.3 is 10.1 Å². The van der Waals surface area contributed by atoms with Gasteiger partial charge in [-0.3, -0.25) is 9.10 Å². The number of nitrogens with zero attached hydrogens (tertiary/aromatic N) is 1. The average Bonchev–Trinajstić information content (AvgIpc) is 2.69. The molecule has 0 saturated carbocycles. The van der Waals surface area contributed by atoms with Crippen LogP contribution in [0.5, 0.6) is 5.75 Å². The number of carbonyl (C=O) groups excluding carboxylic acids is 1. The van der Waals surface area contributed by atoms with Crippen LogP contribution in [0.3, 0.4) is 0 Å². The van der Waals surface area contributed by atoms with Crippen LogP contribution in [0.4, 0.5) is 10.1 Å². The second kappa shape index (κ2) is 10.2. The van der Waals surface area contributed by atoms with E-state index < -0.39 is 16.1 Å². The number of ether oxygens (including phenoxy) is 1. The quantitative estimate of drug-likeness (QED) is 0.597. The maximum absolute atomic E-state index is 12.9. The SMILES string of the molecule is CC[C@H](C(=O)NCCCc1ccc(F)cc1)N(c1ccc(OC)cc1)S(C)(=O)=O. The number of amides is 1. The van der Waals surface area contributed by atoms with Gasteiger partial charge >= 0.3 is 0 Å². The minimum Gasteiger partial charge on any atom is -0.497 e. The van der Waals surface area contributed by atoms with Crippen molar-refractivity contribution in [2.24, 2.45) is 0 Å². The Labute approximate surface area is 171 Å². The molecule has 1 amide bonds. The van der Waals surface area contributed by atoms with E-state index in [0.29, 0.717) is 37.2 Å². The topological polar surface area (TPSA) is 75.7 Å². The Kier molecular flexibility index (Phi) is 8.01. The van der Waals surface area contributed by atoms with Gasteiger partial charge in [0.1, 0.15) is 17.6 Å². The largest absolute Gasteiger partial charge is 0.497 e. The van der Waals surface area contributed by atoms with Crippen LogP contribution in [0, 0.1) is 5.82 Å². The number of nitrogens with one attached hydrogen (secondary N) is 1. The summed E-state index contributed by atoms with van der Waals surface area (Å²) in [5, 5.41) is 2.82. The molecule has 158 valence electrons. The molecule has 2 aromatic carbocycles. The van der Waals surface area contributed by atoms with Crippen LogP contribution in [0.25, 0.3) is 0 Å². The number of carbonyl (C=O) groups is 1. The third kappa shape index (κ3) is 6.45. The van der Waals surface area contributed by atoms with Crippen molar-refractivity contribution < 1.29 is 22.3 Å². The van der Waals surface area contributed by atoms with Gasteiger partial charge in [0.05, 0.1) is 19.1 Å². The van der Waals surface area contributed by atoms with E-state index in [9.17, 15) is 17.6 Å². The van der Waals surface area contributed by atoms with Crippen molar-refractivity contribution >= 4 is 21.6 Å². The molecular weight excluding hydrogens is 395 g/mol. The maximum atomic E-state index is 12.9. The van der Waals surface area contributed by atoms with Gasteiger partial charge in [0.15, 0.2) is 0 Å². The lowest BCUT2D eigenvalue weighted by Gasteiger charge is -2.30. The maximum Gasteiger partial charge on any atom is 0.243 e. The highest BCUT2D eigenvalue weighted by Crippen LogP contribution is 2.25. The first-order valence-electron chi connectivity index (χ1n) is 9.42. The Morgan fingerprint density at radius 3 is 2.28 bits per heavy atom. The van der Waals surface area contributed by atoms with Crippen LogP contribution >= 0.6 is 0 Å². The van der Waals surface area contributed by atoms with Crippen LogP contribution in [-0.4, -0.2) is 40.3 Å². The molecule has 0 saturated heterocycles. The number of aryl methyl sites for hydroxylation is 1. The number of rotatable bonds is 10. The number of hydrogen-bond donors (Lipinski definition) is 1. The molecule has 0 unspecified atom stereocenters. The number of methoxy groups -OCH3 is 1. The van der Waals surface area contributed by atoms with E-state index in [0.717, 1.165) is 16.1 Å². The van der Waals surface area contributed by atoms with Crippen molar-refractivity contribution in [2.45, 2.75) is 32.2 Å². The molecule has 0 bridgehead atoms.